The Labute approximate surface area is 244 Å². The molecular weight excluding hydrogens is 652 g/mol. The summed E-state index contributed by atoms with van der Waals surface area (Å²) < 4.78 is 4.80. The summed E-state index contributed by atoms with van der Waals surface area (Å²) in [4.78, 5) is 16.5. The van der Waals surface area contributed by atoms with Crippen molar-refractivity contribution in [1.82, 2.24) is 29.1 Å². The predicted molar refractivity (Wildman–Crippen MR) is 156 cm³/mol. The fourth-order valence-corrected chi connectivity index (χ4v) is 6.00. The largest absolute Gasteiger partial charge is 0.396 e. The summed E-state index contributed by atoms with van der Waals surface area (Å²) >= 11 is 6.80. The Bertz CT molecular complexity index is 1520. The lowest BCUT2D eigenvalue weighted by Crippen LogP contribution is -2.30. The van der Waals surface area contributed by atoms with Crippen LogP contribution in [0.5, 0.6) is 0 Å². The van der Waals surface area contributed by atoms with Crippen molar-refractivity contribution in [3.05, 3.63) is 46.1 Å². The molecule has 0 saturated carbocycles. The number of nitrogens with zero attached hydrogens (tertiary/aromatic N) is 6. The first-order valence-electron chi connectivity index (χ1n) is 12.4. The van der Waals surface area contributed by atoms with E-state index < -0.39 is 30.3 Å². The zero-order valence-electron chi connectivity index (χ0n) is 21.2. The Kier molecular flexibility index (Phi) is 7.98. The van der Waals surface area contributed by atoms with Crippen LogP contribution in [0.2, 0.25) is 0 Å². The fourth-order valence-electron chi connectivity index (χ4n) is 5.03. The van der Waals surface area contributed by atoms with Crippen molar-refractivity contribution >= 4 is 77.0 Å². The van der Waals surface area contributed by atoms with Crippen LogP contribution in [0.4, 0.5) is 11.6 Å². The maximum Gasteiger partial charge on any atom is 0.151 e. The van der Waals surface area contributed by atoms with Crippen LogP contribution >= 0.6 is 31.9 Å². The zero-order valence-corrected chi connectivity index (χ0v) is 24.3. The average molecular weight is 680 g/mol. The second-order valence-electron chi connectivity index (χ2n) is 9.58. The molecule has 4 aromatic rings. The van der Waals surface area contributed by atoms with Crippen LogP contribution in [0.25, 0.3) is 33.5 Å². The van der Waals surface area contributed by atoms with E-state index in [4.69, 9.17) is 11.5 Å². The van der Waals surface area contributed by atoms with Crippen molar-refractivity contribution in [3.8, 4) is 0 Å². The molecule has 40 heavy (non-hydrogen) atoms. The highest BCUT2D eigenvalue weighted by atomic mass is 79.9. The first-order valence-corrected chi connectivity index (χ1v) is 14.0. The van der Waals surface area contributed by atoms with Gasteiger partial charge in [-0.1, -0.05) is 19.1 Å². The third-order valence-corrected chi connectivity index (χ3v) is 8.41. The number of aliphatic hydroxyl groups excluding tert-OH is 5. The fraction of sp³-hybridized carbons (Fsp3) is 0.360. The summed E-state index contributed by atoms with van der Waals surface area (Å²) in [5, 5.41) is 49.4. The summed E-state index contributed by atoms with van der Waals surface area (Å²) in [6.07, 6.45) is 6.70. The zero-order chi connectivity index (χ0) is 28.9. The van der Waals surface area contributed by atoms with E-state index in [9.17, 15) is 25.5 Å². The van der Waals surface area contributed by atoms with E-state index in [1.54, 1.807) is 33.9 Å². The molecule has 4 aromatic heterocycles. The van der Waals surface area contributed by atoms with Gasteiger partial charge in [0.15, 0.2) is 11.6 Å². The van der Waals surface area contributed by atoms with Gasteiger partial charge in [0.1, 0.15) is 35.9 Å². The Balaban J connectivity index is 0.000000161. The Morgan fingerprint density at radius 2 is 1.18 bits per heavy atom. The van der Waals surface area contributed by atoms with Gasteiger partial charge in [-0.2, -0.15) is 0 Å². The standard InChI is InChI=1S/C13H15BrN4O2.C12H13BrN4O3/c1-2-6-3-8(12(20)11(6)19)18-5-17-9-10(18)7(14)4-16-13(9)15;13-6-2-15-12(14)8-9(6)17(4-16-8)7-1-5(3-18)10(19)11(7)20/h3-6,11-12,19-20H,2H2,1H3,(H2,15,16);1-2,4-5,10-11,18-20H,3H2,(H2,14,15)/t6-,11+,12-;5-,10-,11+/m11/s1. The minimum atomic E-state index is -1.09. The van der Waals surface area contributed by atoms with E-state index in [1.165, 1.54) is 6.33 Å². The minimum absolute atomic E-state index is 0.0598. The molecular formula is C25H28Br2N8O5. The maximum atomic E-state index is 10.2. The molecule has 0 fully saturated rings. The van der Waals surface area contributed by atoms with E-state index >= 15 is 0 Å². The minimum Gasteiger partial charge on any atom is -0.396 e. The third kappa shape index (κ3) is 4.70. The van der Waals surface area contributed by atoms with Crippen molar-refractivity contribution in [2.75, 3.05) is 18.1 Å². The van der Waals surface area contributed by atoms with Crippen LogP contribution < -0.4 is 11.5 Å². The molecule has 0 spiro atoms. The van der Waals surface area contributed by atoms with Gasteiger partial charge in [0.2, 0.25) is 0 Å². The van der Waals surface area contributed by atoms with Gasteiger partial charge in [0, 0.05) is 24.2 Å². The molecule has 6 rings (SSSR count). The Morgan fingerprint density at radius 1 is 0.750 bits per heavy atom. The van der Waals surface area contributed by atoms with Gasteiger partial charge in [-0.25, -0.2) is 19.9 Å². The van der Waals surface area contributed by atoms with Crippen molar-refractivity contribution in [1.29, 1.82) is 0 Å². The number of rotatable bonds is 4. The van der Waals surface area contributed by atoms with Gasteiger partial charge < -0.3 is 37.0 Å². The molecule has 13 nitrogen and oxygen atoms in total. The molecule has 0 unspecified atom stereocenters. The number of imidazole rings is 2. The van der Waals surface area contributed by atoms with Crippen LogP contribution in [0.15, 0.2) is 46.1 Å². The lowest BCUT2D eigenvalue weighted by atomic mass is 10.0. The van der Waals surface area contributed by atoms with Crippen LogP contribution in [0.1, 0.15) is 13.3 Å². The number of pyridine rings is 2. The van der Waals surface area contributed by atoms with Crippen LogP contribution in [0, 0.1) is 11.8 Å². The average Bonchev–Trinajstić information content (AvgIpc) is 3.71. The van der Waals surface area contributed by atoms with Gasteiger partial charge in [-0.15, -0.1) is 0 Å². The number of fused-ring (bicyclic) bond motifs is 2. The van der Waals surface area contributed by atoms with Crippen LogP contribution in [0.3, 0.4) is 0 Å². The molecule has 15 heteroatoms. The predicted octanol–water partition coefficient (Wildman–Crippen LogP) is 1.34. The van der Waals surface area contributed by atoms with E-state index in [-0.39, 0.29) is 18.3 Å². The summed E-state index contributed by atoms with van der Waals surface area (Å²) in [5.41, 5.74) is 15.2. The van der Waals surface area contributed by atoms with Crippen LogP contribution in [-0.4, -0.2) is 85.6 Å². The highest BCUT2D eigenvalue weighted by Crippen LogP contribution is 2.36. The molecule has 212 valence electrons. The number of aliphatic hydroxyl groups is 5. The molecule has 0 aromatic carbocycles. The monoisotopic (exact) mass is 678 g/mol. The molecule has 6 atom stereocenters. The van der Waals surface area contributed by atoms with E-state index in [1.807, 2.05) is 13.0 Å². The lowest BCUT2D eigenvalue weighted by molar-refractivity contribution is 0.0199. The third-order valence-electron chi connectivity index (χ3n) is 7.25. The van der Waals surface area contributed by atoms with Gasteiger partial charge in [0.25, 0.3) is 0 Å². The number of aromatic nitrogens is 6. The number of anilines is 2. The van der Waals surface area contributed by atoms with Gasteiger partial charge in [-0.3, -0.25) is 9.13 Å². The van der Waals surface area contributed by atoms with Crippen LogP contribution in [-0.2, 0) is 0 Å². The number of nitrogens with two attached hydrogens (primary N) is 2. The molecule has 0 saturated heterocycles. The molecule has 2 aliphatic carbocycles. The van der Waals surface area contributed by atoms with Crippen molar-refractivity contribution in [2.24, 2.45) is 11.8 Å². The normalized spacial score (nSPS) is 26.2. The highest BCUT2D eigenvalue weighted by Gasteiger charge is 2.36. The second-order valence-corrected chi connectivity index (χ2v) is 11.3. The van der Waals surface area contributed by atoms with E-state index in [0.717, 1.165) is 16.4 Å². The number of halogens is 2. The molecule has 0 radical (unpaired) electrons. The number of hydrogen-bond acceptors (Lipinski definition) is 11. The summed E-state index contributed by atoms with van der Waals surface area (Å²) in [6, 6.07) is 0. The molecule has 2 aliphatic rings. The first kappa shape index (κ1) is 28.6. The Hall–Kier alpha value is -2.92. The van der Waals surface area contributed by atoms with E-state index in [0.29, 0.717) is 38.2 Å². The van der Waals surface area contributed by atoms with Crippen molar-refractivity contribution in [2.45, 2.75) is 37.8 Å². The second kappa shape index (κ2) is 11.2. The SMILES string of the molecule is CC[C@@H]1C=C(n2cnc3c(N)ncc(Br)c32)[C@@H](O)[C@H]1O.Nc1ncc(Br)c2c1ncn2C1=C[C@H](CO)[C@@H](O)[C@H]1O. The summed E-state index contributed by atoms with van der Waals surface area (Å²) in [7, 11) is 0. The molecule has 0 amide bonds. The van der Waals surface area contributed by atoms with Crippen molar-refractivity contribution < 1.29 is 25.5 Å². The molecule has 4 heterocycles. The molecule has 0 bridgehead atoms. The van der Waals surface area contributed by atoms with Gasteiger partial charge >= 0.3 is 0 Å². The lowest BCUT2D eigenvalue weighted by Gasteiger charge is -2.17. The number of hydrogen-bond donors (Lipinski definition) is 7. The smallest absolute Gasteiger partial charge is 0.151 e. The van der Waals surface area contributed by atoms with E-state index in [2.05, 4.69) is 51.8 Å². The van der Waals surface area contributed by atoms with Gasteiger partial charge in [0.05, 0.1) is 50.2 Å². The molecule has 9 N–H and O–H groups in total. The summed E-state index contributed by atoms with van der Waals surface area (Å²) in [5.74, 6) is 0.0581. The Morgan fingerprint density at radius 3 is 1.55 bits per heavy atom. The number of nitrogen functional groups attached to an aromatic ring is 2. The topological polar surface area (TPSA) is 215 Å². The summed E-state index contributed by atoms with van der Waals surface area (Å²) in [6.45, 7) is 1.74. The quantitative estimate of drug-likeness (QED) is 0.163. The molecule has 0 aliphatic heterocycles. The maximum absolute atomic E-state index is 10.2. The van der Waals surface area contributed by atoms with Crippen molar-refractivity contribution in [3.63, 3.8) is 0 Å². The highest BCUT2D eigenvalue weighted by molar-refractivity contribution is 9.11. The van der Waals surface area contributed by atoms with Gasteiger partial charge in [-0.05, 0) is 38.3 Å². The first-order chi connectivity index (χ1) is 19.1.